The van der Waals surface area contributed by atoms with Crippen molar-refractivity contribution < 1.29 is 26.3 Å². The van der Waals surface area contributed by atoms with Crippen molar-refractivity contribution in [1.82, 2.24) is 14.9 Å². The summed E-state index contributed by atoms with van der Waals surface area (Å²) in [4.78, 5) is 4.15. The number of nitrogens with one attached hydrogen (secondary N) is 2. The topological polar surface area (TPSA) is 83.0 Å². The van der Waals surface area contributed by atoms with E-state index in [-0.39, 0.29) is 24.5 Å². The van der Waals surface area contributed by atoms with E-state index < -0.39 is 15.5 Å². The maximum atomic E-state index is 12.6. The summed E-state index contributed by atoms with van der Waals surface area (Å²) in [7, 11) is -1.93. The van der Waals surface area contributed by atoms with E-state index in [0.717, 1.165) is 25.8 Å². The Balaban J connectivity index is 1.79. The summed E-state index contributed by atoms with van der Waals surface area (Å²) in [6.07, 6.45) is 3.83. The summed E-state index contributed by atoms with van der Waals surface area (Å²) in [5, 5.41) is 6.44. The summed E-state index contributed by atoms with van der Waals surface area (Å²) in [5.41, 5.74) is -5.01. The lowest BCUT2D eigenvalue weighted by Crippen LogP contribution is -2.52. The van der Waals surface area contributed by atoms with Gasteiger partial charge in [-0.2, -0.15) is 17.5 Å². The molecule has 1 saturated heterocycles. The van der Waals surface area contributed by atoms with Crippen LogP contribution in [0.1, 0.15) is 32.1 Å². The summed E-state index contributed by atoms with van der Waals surface area (Å²) >= 11 is 0. The molecule has 1 saturated carbocycles. The number of halogens is 3. The van der Waals surface area contributed by atoms with E-state index >= 15 is 0 Å². The Hall–Kier alpha value is -1.07. The second-order valence-corrected chi connectivity index (χ2v) is 8.87. The molecule has 0 aromatic rings. The normalized spacial score (nSPS) is 22.3. The third kappa shape index (κ3) is 5.23. The van der Waals surface area contributed by atoms with Gasteiger partial charge in [-0.05, 0) is 37.5 Å². The fraction of sp³-hybridized carbons (Fsp3) is 0.933. The highest BCUT2D eigenvalue weighted by Gasteiger charge is 2.50. The number of aliphatic imine (C=N–C) groups is 1. The number of hydrogen-bond donors (Lipinski definition) is 2. The largest absolute Gasteiger partial charge is 0.511 e. The van der Waals surface area contributed by atoms with Crippen LogP contribution in [0.5, 0.6) is 0 Å². The van der Waals surface area contributed by atoms with Gasteiger partial charge in [0.05, 0.1) is 0 Å². The lowest BCUT2D eigenvalue weighted by molar-refractivity contribution is -0.0494. The molecular formula is C15H27F3N4O3S. The summed E-state index contributed by atoms with van der Waals surface area (Å²) in [6.45, 7) is 1.15. The van der Waals surface area contributed by atoms with Crippen molar-refractivity contribution in [2.75, 3.05) is 40.4 Å². The van der Waals surface area contributed by atoms with Crippen molar-refractivity contribution in [2.24, 2.45) is 10.4 Å². The van der Waals surface area contributed by atoms with Gasteiger partial charge in [0.2, 0.25) is 0 Å². The van der Waals surface area contributed by atoms with Crippen LogP contribution in [0.2, 0.25) is 0 Å². The summed E-state index contributed by atoms with van der Waals surface area (Å²) < 4.78 is 66.3. The van der Waals surface area contributed by atoms with E-state index in [0.29, 0.717) is 29.7 Å². The number of rotatable bonds is 7. The quantitative estimate of drug-likeness (QED) is 0.497. The molecule has 0 amide bonds. The van der Waals surface area contributed by atoms with Crippen LogP contribution >= 0.6 is 0 Å². The van der Waals surface area contributed by atoms with Crippen LogP contribution < -0.4 is 10.6 Å². The number of alkyl halides is 3. The van der Waals surface area contributed by atoms with Crippen molar-refractivity contribution in [3.63, 3.8) is 0 Å². The zero-order valence-electron chi connectivity index (χ0n) is 15.1. The average molecular weight is 400 g/mol. The van der Waals surface area contributed by atoms with E-state index in [2.05, 4.69) is 15.6 Å². The molecule has 7 nitrogen and oxygen atoms in total. The van der Waals surface area contributed by atoms with Crippen LogP contribution in [0.15, 0.2) is 4.99 Å². The van der Waals surface area contributed by atoms with Crippen LogP contribution in [0.25, 0.3) is 0 Å². The Morgan fingerprint density at radius 2 is 1.92 bits per heavy atom. The third-order valence-corrected chi connectivity index (χ3v) is 6.71. The van der Waals surface area contributed by atoms with E-state index in [9.17, 15) is 21.6 Å². The van der Waals surface area contributed by atoms with E-state index in [4.69, 9.17) is 4.74 Å². The van der Waals surface area contributed by atoms with Crippen LogP contribution in [-0.2, 0) is 14.8 Å². The number of piperidine rings is 1. The van der Waals surface area contributed by atoms with Gasteiger partial charge < -0.3 is 15.4 Å². The molecule has 152 valence electrons. The molecule has 2 rings (SSSR count). The second kappa shape index (κ2) is 8.30. The first-order valence-corrected chi connectivity index (χ1v) is 10.1. The number of guanidine groups is 1. The van der Waals surface area contributed by atoms with Gasteiger partial charge >= 0.3 is 15.5 Å². The predicted molar refractivity (Wildman–Crippen MR) is 92.2 cm³/mol. The van der Waals surface area contributed by atoms with E-state index in [1.54, 1.807) is 14.2 Å². The van der Waals surface area contributed by atoms with Crippen molar-refractivity contribution in [3.8, 4) is 0 Å². The Labute approximate surface area is 152 Å². The van der Waals surface area contributed by atoms with Crippen LogP contribution in [0.3, 0.4) is 0 Å². The molecule has 11 heteroatoms. The van der Waals surface area contributed by atoms with Gasteiger partial charge in [-0.15, -0.1) is 0 Å². The monoisotopic (exact) mass is 400 g/mol. The van der Waals surface area contributed by atoms with Crippen LogP contribution in [0, 0.1) is 5.41 Å². The highest BCUT2D eigenvalue weighted by molar-refractivity contribution is 7.90. The van der Waals surface area contributed by atoms with Gasteiger partial charge in [0.15, 0.2) is 5.96 Å². The molecule has 0 bridgehead atoms. The predicted octanol–water partition coefficient (Wildman–Crippen LogP) is 1.28. The summed E-state index contributed by atoms with van der Waals surface area (Å²) in [5.74, 6) is 0.589. The number of ether oxygens (including phenoxy) is 1. The molecule has 0 spiro atoms. The van der Waals surface area contributed by atoms with Gasteiger partial charge in [0.25, 0.3) is 0 Å². The summed E-state index contributed by atoms with van der Waals surface area (Å²) in [6, 6.07) is -0.116. The Morgan fingerprint density at radius 1 is 1.31 bits per heavy atom. The van der Waals surface area contributed by atoms with Gasteiger partial charge in [0.1, 0.15) is 0 Å². The van der Waals surface area contributed by atoms with Gasteiger partial charge in [-0.1, -0.05) is 0 Å². The second-order valence-electron chi connectivity index (χ2n) is 6.94. The molecular weight excluding hydrogens is 373 g/mol. The Bertz CT molecular complexity index is 598. The highest BCUT2D eigenvalue weighted by Crippen LogP contribution is 2.48. The molecule has 2 aliphatic rings. The maximum absolute atomic E-state index is 12.6. The van der Waals surface area contributed by atoms with Crippen molar-refractivity contribution >= 4 is 16.0 Å². The number of methoxy groups -OCH3 is 1. The smallest absolute Gasteiger partial charge is 0.385 e. The zero-order chi connectivity index (χ0) is 19.4. The Kier molecular flexibility index (Phi) is 6.78. The highest BCUT2D eigenvalue weighted by atomic mass is 32.2. The molecule has 1 heterocycles. The van der Waals surface area contributed by atoms with Crippen LogP contribution in [0.4, 0.5) is 13.2 Å². The van der Waals surface area contributed by atoms with Crippen molar-refractivity contribution in [1.29, 1.82) is 0 Å². The molecule has 0 aromatic carbocycles. The molecule has 2 N–H and O–H groups in total. The van der Waals surface area contributed by atoms with Gasteiger partial charge in [-0.25, -0.2) is 8.42 Å². The maximum Gasteiger partial charge on any atom is 0.511 e. The molecule has 26 heavy (non-hydrogen) atoms. The number of hydrogen-bond acceptors (Lipinski definition) is 4. The fourth-order valence-electron chi connectivity index (χ4n) is 3.06. The molecule has 1 aliphatic carbocycles. The van der Waals surface area contributed by atoms with Gasteiger partial charge in [-0.3, -0.25) is 4.99 Å². The first kappa shape index (κ1) is 21.2. The Morgan fingerprint density at radius 3 is 2.38 bits per heavy atom. The SMILES string of the molecule is CN=C(NCC1(CCOC)CC1)NC1CCN(S(=O)(=O)C(F)(F)F)CC1. The number of nitrogens with zero attached hydrogens (tertiary/aromatic N) is 2. The lowest BCUT2D eigenvalue weighted by Gasteiger charge is -2.32. The fourth-order valence-corrected chi connectivity index (χ4v) is 4.04. The zero-order valence-corrected chi connectivity index (χ0v) is 15.9. The van der Waals surface area contributed by atoms with E-state index in [1.165, 1.54) is 0 Å². The lowest BCUT2D eigenvalue weighted by atomic mass is 10.0. The molecule has 1 aliphatic heterocycles. The number of sulfonamides is 1. The van der Waals surface area contributed by atoms with Crippen molar-refractivity contribution in [3.05, 3.63) is 0 Å². The molecule has 0 radical (unpaired) electrons. The standard InChI is InChI=1S/C15H27F3N4O3S/c1-19-13(20-11-14(5-6-14)7-10-25-2)21-12-3-8-22(9-4-12)26(23,24)15(16,17)18/h12H,3-11H2,1-2H3,(H2,19,20,21). The minimum Gasteiger partial charge on any atom is -0.385 e. The van der Waals surface area contributed by atoms with E-state index in [1.807, 2.05) is 0 Å². The minimum absolute atomic E-state index is 0.116. The van der Waals surface area contributed by atoms with Gasteiger partial charge in [0, 0.05) is 46.4 Å². The molecule has 0 unspecified atom stereocenters. The minimum atomic E-state index is -5.24. The average Bonchev–Trinajstić information content (AvgIpc) is 3.36. The van der Waals surface area contributed by atoms with Crippen molar-refractivity contribution in [2.45, 2.75) is 43.7 Å². The van der Waals surface area contributed by atoms with Crippen LogP contribution in [-0.4, -0.2) is 70.6 Å². The molecule has 2 fully saturated rings. The molecule has 0 aromatic heterocycles. The third-order valence-electron chi connectivity index (χ3n) is 5.08. The first-order chi connectivity index (χ1) is 12.1. The first-order valence-electron chi connectivity index (χ1n) is 8.66. The molecule has 0 atom stereocenters.